The molecular formula is C24H35N3O4. The topological polar surface area (TPSA) is 103 Å². The Bertz CT molecular complexity index is 805. The average molecular weight is 430 g/mol. The smallest absolute Gasteiger partial charge is 0.321 e. The number of aldehydes is 1. The number of carboxylic acids is 1. The van der Waals surface area contributed by atoms with E-state index in [0.717, 1.165) is 49.4 Å². The standard InChI is InChI=1S/C24H35N3O4/c1-3-5-9-13-27(14-10-6-4-2)22(24(30)31)16-19(17-28)25-23(29)21-15-18-11-7-8-12-20(18)26-21/h7-8,11-12,15,17,19,22,26H,3-6,9-10,13-14,16H2,1-2H3,(H,25,29)(H,30,31)/t19?,22-/m1/s1. The van der Waals surface area contributed by atoms with Crippen LogP contribution in [0.2, 0.25) is 0 Å². The number of unbranched alkanes of at least 4 members (excludes halogenated alkanes) is 4. The van der Waals surface area contributed by atoms with Gasteiger partial charge in [0.2, 0.25) is 0 Å². The van der Waals surface area contributed by atoms with E-state index in [9.17, 15) is 19.5 Å². The molecule has 2 rings (SSSR count). The van der Waals surface area contributed by atoms with Crippen LogP contribution in [-0.2, 0) is 9.59 Å². The van der Waals surface area contributed by atoms with Crippen LogP contribution in [0.3, 0.4) is 0 Å². The molecule has 7 nitrogen and oxygen atoms in total. The summed E-state index contributed by atoms with van der Waals surface area (Å²) in [4.78, 5) is 41.4. The third-order valence-corrected chi connectivity index (χ3v) is 5.56. The zero-order chi connectivity index (χ0) is 22.6. The van der Waals surface area contributed by atoms with Crippen molar-refractivity contribution in [2.75, 3.05) is 13.1 Å². The first-order valence-electron chi connectivity index (χ1n) is 11.3. The van der Waals surface area contributed by atoms with Gasteiger partial charge in [-0.05, 0) is 38.1 Å². The number of carbonyl (C=O) groups is 3. The van der Waals surface area contributed by atoms with Gasteiger partial charge in [-0.2, -0.15) is 0 Å². The van der Waals surface area contributed by atoms with Crippen LogP contribution in [0.1, 0.15) is 69.3 Å². The molecule has 0 radical (unpaired) electrons. The van der Waals surface area contributed by atoms with E-state index < -0.39 is 24.0 Å². The van der Waals surface area contributed by atoms with E-state index in [1.54, 1.807) is 6.07 Å². The van der Waals surface area contributed by atoms with Gasteiger partial charge in [-0.25, -0.2) is 0 Å². The Balaban J connectivity index is 2.08. The van der Waals surface area contributed by atoms with Gasteiger partial charge in [0.1, 0.15) is 18.0 Å². The molecule has 1 unspecified atom stereocenters. The van der Waals surface area contributed by atoms with Gasteiger partial charge in [-0.3, -0.25) is 14.5 Å². The predicted octanol–water partition coefficient (Wildman–Crippen LogP) is 3.99. The molecule has 31 heavy (non-hydrogen) atoms. The zero-order valence-corrected chi connectivity index (χ0v) is 18.6. The fourth-order valence-electron chi connectivity index (χ4n) is 3.79. The average Bonchev–Trinajstić information content (AvgIpc) is 3.20. The third kappa shape index (κ3) is 7.51. The van der Waals surface area contributed by atoms with Gasteiger partial charge in [-0.1, -0.05) is 57.7 Å². The molecule has 2 aromatic rings. The number of rotatable bonds is 15. The maximum atomic E-state index is 12.7. The molecule has 0 bridgehead atoms. The number of benzene rings is 1. The lowest BCUT2D eigenvalue weighted by Crippen LogP contribution is -2.48. The van der Waals surface area contributed by atoms with Crippen molar-refractivity contribution in [2.24, 2.45) is 0 Å². The van der Waals surface area contributed by atoms with Crippen molar-refractivity contribution in [3.05, 3.63) is 36.0 Å². The second-order valence-corrected chi connectivity index (χ2v) is 8.03. The highest BCUT2D eigenvalue weighted by Crippen LogP contribution is 2.16. The van der Waals surface area contributed by atoms with Crippen LogP contribution in [-0.4, -0.2) is 58.3 Å². The molecule has 3 N–H and O–H groups in total. The minimum Gasteiger partial charge on any atom is -0.480 e. The molecule has 0 spiro atoms. The van der Waals surface area contributed by atoms with Gasteiger partial charge in [-0.15, -0.1) is 0 Å². The Morgan fingerprint density at radius 1 is 1.10 bits per heavy atom. The molecule has 1 amide bonds. The first kappa shape index (κ1) is 24.6. The number of hydrogen-bond donors (Lipinski definition) is 3. The normalized spacial score (nSPS) is 13.3. The summed E-state index contributed by atoms with van der Waals surface area (Å²) in [5.74, 6) is -1.37. The molecule has 1 heterocycles. The number of amides is 1. The number of H-pyrrole nitrogens is 1. The summed E-state index contributed by atoms with van der Waals surface area (Å²) < 4.78 is 0. The Kier molecular flexibility index (Phi) is 10.2. The van der Waals surface area contributed by atoms with Crippen molar-refractivity contribution < 1.29 is 19.5 Å². The van der Waals surface area contributed by atoms with Crippen LogP contribution >= 0.6 is 0 Å². The lowest BCUT2D eigenvalue weighted by Gasteiger charge is -2.30. The SMILES string of the molecule is CCCCCN(CCCCC)[C@H](CC(C=O)NC(=O)c1cc2ccccc2[nH]1)C(=O)O. The summed E-state index contributed by atoms with van der Waals surface area (Å²) in [5.41, 5.74) is 1.18. The summed E-state index contributed by atoms with van der Waals surface area (Å²) in [6, 6.07) is 7.56. The summed E-state index contributed by atoms with van der Waals surface area (Å²) >= 11 is 0. The summed E-state index contributed by atoms with van der Waals surface area (Å²) in [5, 5.41) is 13.5. The van der Waals surface area contributed by atoms with Gasteiger partial charge in [0.05, 0.1) is 6.04 Å². The number of fused-ring (bicyclic) bond motifs is 1. The van der Waals surface area contributed by atoms with Crippen LogP contribution in [0.5, 0.6) is 0 Å². The molecule has 0 saturated carbocycles. The largest absolute Gasteiger partial charge is 0.480 e. The minimum atomic E-state index is -0.959. The fraction of sp³-hybridized carbons (Fsp3) is 0.542. The second kappa shape index (κ2) is 12.9. The number of carboxylic acid groups (broad SMARTS) is 1. The summed E-state index contributed by atoms with van der Waals surface area (Å²) in [7, 11) is 0. The maximum Gasteiger partial charge on any atom is 0.321 e. The van der Waals surface area contributed by atoms with Crippen molar-refractivity contribution in [2.45, 2.75) is 70.9 Å². The van der Waals surface area contributed by atoms with E-state index >= 15 is 0 Å². The van der Waals surface area contributed by atoms with E-state index in [1.807, 2.05) is 29.2 Å². The first-order valence-corrected chi connectivity index (χ1v) is 11.3. The summed E-state index contributed by atoms with van der Waals surface area (Å²) in [6.07, 6.45) is 6.68. The van der Waals surface area contributed by atoms with Crippen LogP contribution < -0.4 is 5.32 Å². The number of nitrogens with one attached hydrogen (secondary N) is 2. The van der Waals surface area contributed by atoms with E-state index in [0.29, 0.717) is 25.1 Å². The van der Waals surface area contributed by atoms with E-state index in [1.165, 1.54) is 0 Å². The Labute approximate surface area is 184 Å². The van der Waals surface area contributed by atoms with Crippen molar-refractivity contribution in [3.63, 3.8) is 0 Å². The number of carbonyl (C=O) groups excluding carboxylic acids is 2. The van der Waals surface area contributed by atoms with Crippen LogP contribution in [0.15, 0.2) is 30.3 Å². The maximum absolute atomic E-state index is 12.7. The van der Waals surface area contributed by atoms with Gasteiger partial charge < -0.3 is 20.2 Å². The number of hydrogen-bond acceptors (Lipinski definition) is 4. The van der Waals surface area contributed by atoms with Gasteiger partial charge in [0.25, 0.3) is 5.91 Å². The highest BCUT2D eigenvalue weighted by molar-refractivity contribution is 5.99. The Morgan fingerprint density at radius 3 is 2.29 bits per heavy atom. The number of aliphatic carboxylic acids is 1. The van der Waals surface area contributed by atoms with Gasteiger partial charge in [0, 0.05) is 17.3 Å². The van der Waals surface area contributed by atoms with E-state index in [2.05, 4.69) is 24.1 Å². The van der Waals surface area contributed by atoms with Crippen LogP contribution in [0.4, 0.5) is 0 Å². The molecule has 0 aliphatic carbocycles. The quantitative estimate of drug-likeness (QED) is 0.293. The number of aromatic nitrogens is 1. The van der Waals surface area contributed by atoms with Crippen molar-refractivity contribution in [1.29, 1.82) is 0 Å². The van der Waals surface area contributed by atoms with E-state index in [4.69, 9.17) is 0 Å². The predicted molar refractivity (Wildman–Crippen MR) is 122 cm³/mol. The fourth-order valence-corrected chi connectivity index (χ4v) is 3.79. The second-order valence-electron chi connectivity index (χ2n) is 8.03. The minimum absolute atomic E-state index is 0.0447. The molecule has 0 fully saturated rings. The van der Waals surface area contributed by atoms with Gasteiger partial charge in [0.15, 0.2) is 0 Å². The molecule has 1 aromatic heterocycles. The molecule has 1 aromatic carbocycles. The molecule has 0 saturated heterocycles. The lowest BCUT2D eigenvalue weighted by atomic mass is 10.0. The molecule has 2 atom stereocenters. The molecule has 7 heteroatoms. The number of para-hydroxylation sites is 1. The van der Waals surface area contributed by atoms with E-state index in [-0.39, 0.29) is 6.42 Å². The van der Waals surface area contributed by atoms with Crippen LogP contribution in [0.25, 0.3) is 10.9 Å². The molecular weight excluding hydrogens is 394 g/mol. The monoisotopic (exact) mass is 429 g/mol. The van der Waals surface area contributed by atoms with Crippen LogP contribution in [0, 0.1) is 0 Å². The van der Waals surface area contributed by atoms with Crippen molar-refractivity contribution >= 4 is 29.1 Å². The van der Waals surface area contributed by atoms with Gasteiger partial charge >= 0.3 is 5.97 Å². The molecule has 170 valence electrons. The Morgan fingerprint density at radius 2 is 1.74 bits per heavy atom. The number of aromatic amines is 1. The number of nitrogens with zero attached hydrogens (tertiary/aromatic N) is 1. The van der Waals surface area contributed by atoms with Crippen molar-refractivity contribution in [3.8, 4) is 0 Å². The lowest BCUT2D eigenvalue weighted by molar-refractivity contribution is -0.144. The third-order valence-electron chi connectivity index (χ3n) is 5.56. The van der Waals surface area contributed by atoms with Crippen molar-refractivity contribution in [1.82, 2.24) is 15.2 Å². The Hall–Kier alpha value is -2.67. The highest BCUT2D eigenvalue weighted by Gasteiger charge is 2.29. The summed E-state index contributed by atoms with van der Waals surface area (Å²) in [6.45, 7) is 5.57. The zero-order valence-electron chi connectivity index (χ0n) is 18.6. The molecule has 0 aliphatic heterocycles. The highest BCUT2D eigenvalue weighted by atomic mass is 16.4. The molecule has 0 aliphatic rings. The first-order chi connectivity index (χ1) is 15.0.